The van der Waals surface area contributed by atoms with Crippen molar-refractivity contribution >= 4 is 12.0 Å². The van der Waals surface area contributed by atoms with E-state index in [1.165, 1.54) is 0 Å². The van der Waals surface area contributed by atoms with Gasteiger partial charge < -0.3 is 20.1 Å². The number of rotatable bonds is 7. The SMILES string of the molecule is CC(C)OCCN(C)C(=O)NCC1CCCCC1C(=O)O. The number of hydrogen-bond acceptors (Lipinski definition) is 3. The molecule has 1 aliphatic rings. The van der Waals surface area contributed by atoms with Crippen molar-refractivity contribution < 1.29 is 19.4 Å². The van der Waals surface area contributed by atoms with Crippen molar-refractivity contribution in [2.24, 2.45) is 11.8 Å². The fraction of sp³-hybridized carbons (Fsp3) is 0.867. The first-order chi connectivity index (χ1) is 9.91. The maximum absolute atomic E-state index is 11.9. The Morgan fingerprint density at radius 2 is 2.00 bits per heavy atom. The molecule has 0 radical (unpaired) electrons. The van der Waals surface area contributed by atoms with Crippen LogP contribution in [0, 0.1) is 11.8 Å². The molecular weight excluding hydrogens is 272 g/mol. The zero-order valence-corrected chi connectivity index (χ0v) is 13.3. The molecule has 0 spiro atoms. The van der Waals surface area contributed by atoms with Crippen molar-refractivity contribution in [2.75, 3.05) is 26.7 Å². The van der Waals surface area contributed by atoms with Crippen molar-refractivity contribution in [1.82, 2.24) is 10.2 Å². The molecule has 2 unspecified atom stereocenters. The second-order valence-corrected chi connectivity index (χ2v) is 6.02. The maximum atomic E-state index is 11.9. The molecule has 0 aliphatic heterocycles. The van der Waals surface area contributed by atoms with Crippen LogP contribution in [-0.4, -0.2) is 54.9 Å². The van der Waals surface area contributed by atoms with Crippen molar-refractivity contribution in [1.29, 1.82) is 0 Å². The van der Waals surface area contributed by atoms with Gasteiger partial charge in [-0.05, 0) is 32.6 Å². The lowest BCUT2D eigenvalue weighted by molar-refractivity contribution is -0.144. The molecule has 0 heterocycles. The Labute approximate surface area is 126 Å². The van der Waals surface area contributed by atoms with Gasteiger partial charge >= 0.3 is 12.0 Å². The summed E-state index contributed by atoms with van der Waals surface area (Å²) in [5.41, 5.74) is 0. The lowest BCUT2D eigenvalue weighted by Crippen LogP contribution is -2.43. The summed E-state index contributed by atoms with van der Waals surface area (Å²) in [6.45, 7) is 5.37. The number of nitrogens with one attached hydrogen (secondary N) is 1. The van der Waals surface area contributed by atoms with Crippen molar-refractivity contribution in [3.63, 3.8) is 0 Å². The highest BCUT2D eigenvalue weighted by Crippen LogP contribution is 2.29. The molecule has 6 nitrogen and oxygen atoms in total. The van der Waals surface area contributed by atoms with E-state index in [2.05, 4.69) is 5.32 Å². The van der Waals surface area contributed by atoms with Crippen LogP contribution in [0.4, 0.5) is 4.79 Å². The molecular formula is C15H28N2O4. The highest BCUT2D eigenvalue weighted by molar-refractivity contribution is 5.74. The number of amides is 2. The first-order valence-electron chi connectivity index (χ1n) is 7.75. The Hall–Kier alpha value is -1.30. The summed E-state index contributed by atoms with van der Waals surface area (Å²) in [7, 11) is 1.72. The van der Waals surface area contributed by atoms with Crippen LogP contribution in [0.25, 0.3) is 0 Å². The normalized spacial score (nSPS) is 22.1. The standard InChI is InChI=1S/C15H28N2O4/c1-11(2)21-9-8-17(3)15(20)16-10-12-6-4-5-7-13(12)14(18)19/h11-13H,4-10H2,1-3H3,(H,16,20)(H,18,19). The summed E-state index contributed by atoms with van der Waals surface area (Å²) in [5, 5.41) is 12.1. The van der Waals surface area contributed by atoms with E-state index < -0.39 is 5.97 Å². The lowest BCUT2D eigenvalue weighted by atomic mass is 9.79. The number of likely N-dealkylation sites (N-methyl/N-ethyl adjacent to an activating group) is 1. The molecule has 1 fully saturated rings. The number of ether oxygens (including phenoxy) is 1. The molecule has 2 atom stereocenters. The molecule has 21 heavy (non-hydrogen) atoms. The molecule has 6 heteroatoms. The molecule has 0 bridgehead atoms. The Morgan fingerprint density at radius 1 is 1.33 bits per heavy atom. The summed E-state index contributed by atoms with van der Waals surface area (Å²) in [6, 6.07) is -0.169. The second kappa shape index (κ2) is 8.87. The third-order valence-electron chi connectivity index (χ3n) is 3.97. The Kier molecular flexibility index (Phi) is 7.50. The Morgan fingerprint density at radius 3 is 2.62 bits per heavy atom. The Balaban J connectivity index is 2.32. The highest BCUT2D eigenvalue weighted by Gasteiger charge is 2.30. The predicted octanol–water partition coefficient (Wildman–Crippen LogP) is 1.94. The summed E-state index contributed by atoms with van der Waals surface area (Å²) < 4.78 is 5.41. The van der Waals surface area contributed by atoms with Gasteiger partial charge in [-0.25, -0.2) is 4.79 Å². The number of carbonyl (C=O) groups excluding carboxylic acids is 1. The van der Waals surface area contributed by atoms with Crippen LogP contribution in [-0.2, 0) is 9.53 Å². The van der Waals surface area contributed by atoms with Gasteiger partial charge in [0.15, 0.2) is 0 Å². The molecule has 122 valence electrons. The average molecular weight is 300 g/mol. The van der Waals surface area contributed by atoms with E-state index in [4.69, 9.17) is 4.74 Å². The number of hydrogen-bond donors (Lipinski definition) is 2. The highest BCUT2D eigenvalue weighted by atomic mass is 16.5. The predicted molar refractivity (Wildman–Crippen MR) is 80.2 cm³/mol. The number of aliphatic carboxylic acids is 1. The summed E-state index contributed by atoms with van der Waals surface area (Å²) >= 11 is 0. The van der Waals surface area contributed by atoms with Gasteiger partial charge in [-0.1, -0.05) is 12.8 Å². The van der Waals surface area contributed by atoms with Crippen LogP contribution in [0.3, 0.4) is 0 Å². The number of urea groups is 1. The van der Waals surface area contributed by atoms with Crippen LogP contribution in [0.1, 0.15) is 39.5 Å². The van der Waals surface area contributed by atoms with Gasteiger partial charge in [0, 0.05) is 20.1 Å². The molecule has 0 saturated heterocycles. The van der Waals surface area contributed by atoms with E-state index in [0.29, 0.717) is 26.1 Å². The lowest BCUT2D eigenvalue weighted by Gasteiger charge is -2.29. The smallest absolute Gasteiger partial charge is 0.317 e. The third kappa shape index (κ3) is 6.33. The van der Waals surface area contributed by atoms with Gasteiger partial charge in [-0.3, -0.25) is 4.79 Å². The van der Waals surface area contributed by atoms with E-state index in [1.807, 2.05) is 13.8 Å². The zero-order chi connectivity index (χ0) is 15.8. The molecule has 0 aromatic rings. The molecule has 2 amide bonds. The molecule has 1 saturated carbocycles. The first kappa shape index (κ1) is 17.8. The topological polar surface area (TPSA) is 78.9 Å². The van der Waals surface area contributed by atoms with Crippen LogP contribution < -0.4 is 5.32 Å². The summed E-state index contributed by atoms with van der Waals surface area (Å²) in [4.78, 5) is 24.7. The van der Waals surface area contributed by atoms with E-state index >= 15 is 0 Å². The van der Waals surface area contributed by atoms with Gasteiger partial charge in [0.25, 0.3) is 0 Å². The number of carbonyl (C=O) groups is 2. The van der Waals surface area contributed by atoms with Crippen molar-refractivity contribution in [3.8, 4) is 0 Å². The minimum absolute atomic E-state index is 0.0421. The van der Waals surface area contributed by atoms with E-state index in [-0.39, 0.29) is 24.0 Å². The third-order valence-corrected chi connectivity index (χ3v) is 3.97. The monoisotopic (exact) mass is 300 g/mol. The number of nitrogens with zero attached hydrogens (tertiary/aromatic N) is 1. The van der Waals surface area contributed by atoms with Gasteiger partial charge in [-0.15, -0.1) is 0 Å². The first-order valence-corrected chi connectivity index (χ1v) is 7.75. The van der Waals surface area contributed by atoms with E-state index in [0.717, 1.165) is 19.3 Å². The fourth-order valence-electron chi connectivity index (χ4n) is 2.66. The fourth-order valence-corrected chi connectivity index (χ4v) is 2.66. The van der Waals surface area contributed by atoms with Crippen molar-refractivity contribution in [3.05, 3.63) is 0 Å². The van der Waals surface area contributed by atoms with Crippen LogP contribution in [0.15, 0.2) is 0 Å². The van der Waals surface area contributed by atoms with Gasteiger partial charge in [0.2, 0.25) is 0 Å². The average Bonchev–Trinajstić information content (AvgIpc) is 2.44. The van der Waals surface area contributed by atoms with E-state index in [9.17, 15) is 14.7 Å². The van der Waals surface area contributed by atoms with Gasteiger partial charge in [-0.2, -0.15) is 0 Å². The Bertz CT molecular complexity index is 347. The summed E-state index contributed by atoms with van der Waals surface area (Å²) in [6.07, 6.45) is 3.75. The minimum Gasteiger partial charge on any atom is -0.481 e. The number of carboxylic acids is 1. The van der Waals surface area contributed by atoms with Gasteiger partial charge in [0.1, 0.15) is 0 Å². The van der Waals surface area contributed by atoms with Crippen LogP contribution >= 0.6 is 0 Å². The van der Waals surface area contributed by atoms with Crippen molar-refractivity contribution in [2.45, 2.75) is 45.6 Å². The quantitative estimate of drug-likeness (QED) is 0.753. The van der Waals surface area contributed by atoms with Crippen LogP contribution in [0.2, 0.25) is 0 Å². The molecule has 1 aliphatic carbocycles. The molecule has 2 N–H and O–H groups in total. The van der Waals surface area contributed by atoms with Crippen LogP contribution in [0.5, 0.6) is 0 Å². The second-order valence-electron chi connectivity index (χ2n) is 6.02. The molecule has 0 aromatic heterocycles. The van der Waals surface area contributed by atoms with Gasteiger partial charge in [0.05, 0.1) is 18.6 Å². The maximum Gasteiger partial charge on any atom is 0.317 e. The number of carboxylic acid groups (broad SMARTS) is 1. The summed E-state index contributed by atoms with van der Waals surface area (Å²) in [5.74, 6) is -1.03. The minimum atomic E-state index is -0.743. The largest absolute Gasteiger partial charge is 0.481 e. The molecule has 1 rings (SSSR count). The molecule has 0 aromatic carbocycles. The zero-order valence-electron chi connectivity index (χ0n) is 13.3. The van der Waals surface area contributed by atoms with E-state index in [1.54, 1.807) is 11.9 Å².